The number of imidazole rings is 1. The lowest BCUT2D eigenvalue weighted by molar-refractivity contribution is -0.154. The highest BCUT2D eigenvalue weighted by Gasteiger charge is 2.44. The van der Waals surface area contributed by atoms with Crippen LogP contribution < -0.4 is 11.1 Å². The van der Waals surface area contributed by atoms with E-state index in [1.54, 1.807) is 4.57 Å². The number of aliphatic hydroxyl groups is 2. The van der Waals surface area contributed by atoms with E-state index in [0.29, 0.717) is 29.9 Å². The van der Waals surface area contributed by atoms with Gasteiger partial charge >= 0.3 is 5.97 Å². The van der Waals surface area contributed by atoms with Crippen molar-refractivity contribution in [3.05, 3.63) is 6.33 Å². The number of fused-ring (bicyclic) bond motifs is 1. The Morgan fingerprint density at radius 1 is 1.35 bits per heavy atom. The first-order valence-electron chi connectivity index (χ1n) is 10.1. The van der Waals surface area contributed by atoms with Gasteiger partial charge in [-0.05, 0) is 33.4 Å². The quantitative estimate of drug-likeness (QED) is 0.332. The lowest BCUT2D eigenvalue weighted by atomic mass is 10.1. The van der Waals surface area contributed by atoms with Crippen molar-refractivity contribution in [2.75, 3.05) is 29.6 Å². The molecular weight excluding hydrogens is 424 g/mol. The van der Waals surface area contributed by atoms with Crippen molar-refractivity contribution < 1.29 is 24.5 Å². The van der Waals surface area contributed by atoms with Crippen molar-refractivity contribution in [3.8, 4) is 0 Å². The number of carbonyl (C=O) groups excluding carboxylic acids is 1. The summed E-state index contributed by atoms with van der Waals surface area (Å²) in [5.74, 6) is 0.717. The summed E-state index contributed by atoms with van der Waals surface area (Å²) in [6, 6.07) is 0. The first-order valence-corrected chi connectivity index (χ1v) is 11.5. The summed E-state index contributed by atoms with van der Waals surface area (Å²) < 4.78 is 12.7. The van der Waals surface area contributed by atoms with Crippen LogP contribution in [0.25, 0.3) is 11.2 Å². The molecule has 4 atom stereocenters. The summed E-state index contributed by atoms with van der Waals surface area (Å²) >= 11 is 1.52. The third kappa shape index (κ3) is 5.56. The monoisotopic (exact) mass is 454 g/mol. The number of anilines is 2. The molecule has 5 N–H and O–H groups in total. The predicted molar refractivity (Wildman–Crippen MR) is 118 cm³/mol. The number of nitrogens with zero attached hydrogens (tertiary/aromatic N) is 4. The van der Waals surface area contributed by atoms with Crippen molar-refractivity contribution in [1.82, 2.24) is 19.5 Å². The van der Waals surface area contributed by atoms with Gasteiger partial charge < -0.3 is 30.7 Å². The van der Waals surface area contributed by atoms with Crippen LogP contribution in [0.4, 0.5) is 11.8 Å². The van der Waals surface area contributed by atoms with Gasteiger partial charge in [-0.1, -0.05) is 0 Å². The summed E-state index contributed by atoms with van der Waals surface area (Å²) in [5, 5.41) is 23.8. The minimum absolute atomic E-state index is 0.173. The van der Waals surface area contributed by atoms with Crippen LogP contribution >= 0.6 is 11.8 Å². The molecule has 2 aromatic heterocycles. The number of aliphatic hydroxyl groups excluding tert-OH is 2. The highest BCUT2D eigenvalue weighted by atomic mass is 32.2. The molecule has 0 aromatic carbocycles. The number of nitrogens with one attached hydrogen (secondary N) is 1. The average molecular weight is 455 g/mol. The molecule has 12 heteroatoms. The number of carbonyl (C=O) groups is 1. The third-order valence-electron chi connectivity index (χ3n) is 4.65. The van der Waals surface area contributed by atoms with Crippen LogP contribution in [0.5, 0.6) is 0 Å². The Morgan fingerprint density at radius 3 is 2.77 bits per heavy atom. The minimum Gasteiger partial charge on any atom is -0.460 e. The van der Waals surface area contributed by atoms with E-state index in [1.807, 2.05) is 27.0 Å². The standard InChI is InChI=1S/C19H30N6O5S/c1-19(2,3)30-11(26)6-5-7-21-18-23-15(20)12-16(24-18)25(9-22-12)17-14(28)13(27)10(29-17)8-31-4/h9-10,13-14,17,27-28H,5-8H2,1-4H3,(H3,20,21,23,24)/t10-,13-,14-,17-/m1/s1. The van der Waals surface area contributed by atoms with Crippen molar-refractivity contribution in [1.29, 1.82) is 0 Å². The third-order valence-corrected chi connectivity index (χ3v) is 5.31. The van der Waals surface area contributed by atoms with Gasteiger partial charge in [0.2, 0.25) is 5.95 Å². The Hall–Kier alpha value is -2.15. The van der Waals surface area contributed by atoms with Gasteiger partial charge in [0.25, 0.3) is 0 Å². The highest BCUT2D eigenvalue weighted by molar-refractivity contribution is 7.98. The molecule has 0 spiro atoms. The van der Waals surface area contributed by atoms with E-state index in [2.05, 4.69) is 20.3 Å². The summed E-state index contributed by atoms with van der Waals surface area (Å²) in [4.78, 5) is 24.7. The number of thioether (sulfide) groups is 1. The number of nitrogens with two attached hydrogens (primary N) is 1. The Morgan fingerprint density at radius 2 is 2.10 bits per heavy atom. The molecule has 0 bridgehead atoms. The Bertz CT molecular complexity index is 917. The molecule has 0 radical (unpaired) electrons. The maximum atomic E-state index is 11.8. The fourth-order valence-electron chi connectivity index (χ4n) is 3.29. The molecule has 0 aliphatic carbocycles. The number of rotatable bonds is 8. The highest BCUT2D eigenvalue weighted by Crippen LogP contribution is 2.33. The average Bonchev–Trinajstić information content (AvgIpc) is 3.21. The molecule has 1 aliphatic rings. The molecule has 31 heavy (non-hydrogen) atoms. The van der Waals surface area contributed by atoms with Crippen LogP contribution in [0.3, 0.4) is 0 Å². The topological polar surface area (TPSA) is 158 Å². The smallest absolute Gasteiger partial charge is 0.306 e. The van der Waals surface area contributed by atoms with Gasteiger partial charge in [-0.25, -0.2) is 4.98 Å². The Balaban J connectivity index is 1.69. The molecule has 0 amide bonds. The van der Waals surface area contributed by atoms with Gasteiger partial charge in [0.05, 0.1) is 12.4 Å². The van der Waals surface area contributed by atoms with Crippen LogP contribution in [0.15, 0.2) is 6.33 Å². The maximum Gasteiger partial charge on any atom is 0.306 e. The van der Waals surface area contributed by atoms with Crippen LogP contribution in [0.2, 0.25) is 0 Å². The predicted octanol–water partition coefficient (Wildman–Crippen LogP) is 0.924. The van der Waals surface area contributed by atoms with E-state index < -0.39 is 30.1 Å². The van der Waals surface area contributed by atoms with E-state index in [4.69, 9.17) is 15.2 Å². The van der Waals surface area contributed by atoms with Crippen molar-refractivity contribution in [2.24, 2.45) is 0 Å². The lowest BCUT2D eigenvalue weighted by Gasteiger charge is -2.19. The molecule has 11 nitrogen and oxygen atoms in total. The number of hydrogen-bond acceptors (Lipinski definition) is 11. The van der Waals surface area contributed by atoms with Crippen molar-refractivity contribution in [3.63, 3.8) is 0 Å². The van der Waals surface area contributed by atoms with Gasteiger partial charge in [-0.2, -0.15) is 21.7 Å². The normalized spacial score (nSPS) is 23.9. The van der Waals surface area contributed by atoms with Gasteiger partial charge in [-0.3, -0.25) is 9.36 Å². The number of ether oxygens (including phenoxy) is 2. The van der Waals surface area contributed by atoms with Gasteiger partial charge in [0, 0.05) is 18.7 Å². The fraction of sp³-hybridized carbons (Fsp3) is 0.684. The molecule has 172 valence electrons. The molecule has 3 heterocycles. The molecule has 0 unspecified atom stereocenters. The zero-order valence-corrected chi connectivity index (χ0v) is 18.9. The summed E-state index contributed by atoms with van der Waals surface area (Å²) in [6.07, 6.45) is 0.666. The Labute approximate surface area is 184 Å². The Kier molecular flexibility index (Phi) is 7.24. The second-order valence-electron chi connectivity index (χ2n) is 8.37. The largest absolute Gasteiger partial charge is 0.460 e. The van der Waals surface area contributed by atoms with E-state index in [1.165, 1.54) is 18.1 Å². The summed E-state index contributed by atoms with van der Waals surface area (Å²) in [6.45, 7) is 5.91. The summed E-state index contributed by atoms with van der Waals surface area (Å²) in [5.41, 5.74) is 6.27. The van der Waals surface area contributed by atoms with E-state index in [9.17, 15) is 15.0 Å². The molecule has 2 aromatic rings. The molecular formula is C19H30N6O5S. The van der Waals surface area contributed by atoms with Crippen LogP contribution in [0, 0.1) is 0 Å². The second-order valence-corrected chi connectivity index (χ2v) is 9.29. The molecule has 0 saturated carbocycles. The molecule has 1 aliphatic heterocycles. The first kappa shape index (κ1) is 23.5. The van der Waals surface area contributed by atoms with Crippen LogP contribution in [-0.4, -0.2) is 78.2 Å². The van der Waals surface area contributed by atoms with Crippen LogP contribution in [-0.2, 0) is 14.3 Å². The van der Waals surface area contributed by atoms with E-state index >= 15 is 0 Å². The van der Waals surface area contributed by atoms with E-state index in [0.717, 1.165) is 0 Å². The zero-order chi connectivity index (χ0) is 22.8. The number of aromatic nitrogens is 4. The fourth-order valence-corrected chi connectivity index (χ4v) is 3.89. The maximum absolute atomic E-state index is 11.8. The minimum atomic E-state index is -1.13. The number of nitrogen functional groups attached to an aromatic ring is 1. The van der Waals surface area contributed by atoms with Crippen molar-refractivity contribution >= 4 is 40.7 Å². The number of esters is 1. The zero-order valence-electron chi connectivity index (χ0n) is 18.1. The molecule has 1 saturated heterocycles. The first-order chi connectivity index (χ1) is 14.6. The summed E-state index contributed by atoms with van der Waals surface area (Å²) in [7, 11) is 0. The lowest BCUT2D eigenvalue weighted by Crippen LogP contribution is -2.32. The SMILES string of the molecule is CSC[C@H]1O[C@@H](n2cnc3c(N)nc(NCCCC(=O)OC(C)(C)C)nc32)[C@H](O)[C@@H]1O. The van der Waals surface area contributed by atoms with Gasteiger partial charge in [0.15, 0.2) is 17.7 Å². The molecule has 3 rings (SSSR count). The number of hydrogen-bond donors (Lipinski definition) is 4. The van der Waals surface area contributed by atoms with Crippen LogP contribution in [0.1, 0.15) is 39.8 Å². The van der Waals surface area contributed by atoms with Gasteiger partial charge in [-0.15, -0.1) is 0 Å². The second kappa shape index (κ2) is 9.55. The molecule has 1 fully saturated rings. The van der Waals surface area contributed by atoms with Crippen molar-refractivity contribution in [2.45, 2.75) is 63.8 Å². The van der Waals surface area contributed by atoms with E-state index in [-0.39, 0.29) is 24.2 Å². The van der Waals surface area contributed by atoms with Gasteiger partial charge in [0.1, 0.15) is 23.3 Å².